The van der Waals surface area contributed by atoms with Crippen LogP contribution in [0.3, 0.4) is 0 Å². The highest BCUT2D eigenvalue weighted by atomic mass is 16.1. The summed E-state index contributed by atoms with van der Waals surface area (Å²) in [5, 5.41) is 6.26. The Kier molecular flexibility index (Phi) is 5.53. The van der Waals surface area contributed by atoms with Crippen LogP contribution in [0.15, 0.2) is 42.5 Å². The number of aryl methyl sites for hydroxylation is 1. The number of amides is 1. The number of benzene rings is 1. The molecular formula is C18H23N3O. The third-order valence-corrected chi connectivity index (χ3v) is 3.54. The Hall–Kier alpha value is -2.36. The van der Waals surface area contributed by atoms with Crippen molar-refractivity contribution in [2.45, 2.75) is 39.8 Å². The number of hydrogen-bond acceptors (Lipinski definition) is 3. The van der Waals surface area contributed by atoms with E-state index < -0.39 is 0 Å². The van der Waals surface area contributed by atoms with Crippen molar-refractivity contribution in [2.24, 2.45) is 0 Å². The van der Waals surface area contributed by atoms with Crippen LogP contribution in [0.25, 0.3) is 0 Å². The first-order chi connectivity index (χ1) is 10.6. The molecule has 2 aromatic rings. The Balaban J connectivity index is 2.00. The second-order valence-electron chi connectivity index (χ2n) is 5.50. The number of nitrogens with zero attached hydrogens (tertiary/aromatic N) is 1. The van der Waals surface area contributed by atoms with Crippen LogP contribution in [0.2, 0.25) is 0 Å². The van der Waals surface area contributed by atoms with Crippen LogP contribution in [0.4, 0.5) is 5.82 Å². The molecule has 0 spiro atoms. The zero-order valence-electron chi connectivity index (χ0n) is 13.4. The van der Waals surface area contributed by atoms with E-state index in [1.807, 2.05) is 56.3 Å². The molecule has 0 bridgehead atoms. The fraction of sp³-hybridized carbons (Fsp3) is 0.333. The molecule has 4 heteroatoms. The number of aromatic nitrogens is 1. The fourth-order valence-corrected chi connectivity index (χ4v) is 2.07. The van der Waals surface area contributed by atoms with E-state index in [1.165, 1.54) is 0 Å². The van der Waals surface area contributed by atoms with Gasteiger partial charge >= 0.3 is 0 Å². The number of hydrogen-bond donors (Lipinski definition) is 2. The molecule has 2 N–H and O–H groups in total. The van der Waals surface area contributed by atoms with E-state index in [-0.39, 0.29) is 11.9 Å². The summed E-state index contributed by atoms with van der Waals surface area (Å²) in [6.07, 6.45) is 0.923. The van der Waals surface area contributed by atoms with Gasteiger partial charge in [0.2, 0.25) is 0 Å². The average molecular weight is 297 g/mol. The second-order valence-corrected chi connectivity index (χ2v) is 5.50. The molecule has 1 heterocycles. The van der Waals surface area contributed by atoms with Gasteiger partial charge in [-0.05, 0) is 50.1 Å². The Labute approximate surface area is 132 Å². The molecule has 116 valence electrons. The van der Waals surface area contributed by atoms with Crippen molar-refractivity contribution >= 4 is 11.7 Å². The van der Waals surface area contributed by atoms with Gasteiger partial charge in [0.1, 0.15) is 5.82 Å². The summed E-state index contributed by atoms with van der Waals surface area (Å²) in [6, 6.07) is 13.7. The Bertz CT molecular complexity index is 640. The van der Waals surface area contributed by atoms with Gasteiger partial charge in [0.05, 0.1) is 0 Å². The molecule has 0 saturated heterocycles. The van der Waals surface area contributed by atoms with Gasteiger partial charge in [-0.15, -0.1) is 0 Å². The molecule has 1 aromatic heterocycles. The zero-order chi connectivity index (χ0) is 15.9. The fourth-order valence-electron chi connectivity index (χ4n) is 2.07. The standard InChI is InChI=1S/C18H23N3O/c1-4-13(2)21-18(22)16-9-6-8-15(11-16)12-19-17-10-5-7-14(3)20-17/h5-11,13H,4,12H2,1-3H3,(H,19,20)(H,21,22). The first-order valence-corrected chi connectivity index (χ1v) is 7.66. The summed E-state index contributed by atoms with van der Waals surface area (Å²) >= 11 is 0. The molecule has 0 aliphatic carbocycles. The van der Waals surface area contributed by atoms with E-state index in [0.29, 0.717) is 12.1 Å². The first-order valence-electron chi connectivity index (χ1n) is 7.66. The topological polar surface area (TPSA) is 54.0 Å². The van der Waals surface area contributed by atoms with Crippen LogP contribution in [0.1, 0.15) is 41.9 Å². The summed E-state index contributed by atoms with van der Waals surface area (Å²) in [5.41, 5.74) is 2.73. The van der Waals surface area contributed by atoms with Crippen LogP contribution < -0.4 is 10.6 Å². The summed E-state index contributed by atoms with van der Waals surface area (Å²) in [5.74, 6) is 0.819. The number of pyridine rings is 1. The highest BCUT2D eigenvalue weighted by molar-refractivity contribution is 5.94. The lowest BCUT2D eigenvalue weighted by Gasteiger charge is -2.12. The molecule has 4 nitrogen and oxygen atoms in total. The van der Waals surface area contributed by atoms with E-state index >= 15 is 0 Å². The van der Waals surface area contributed by atoms with Crippen LogP contribution in [-0.4, -0.2) is 16.9 Å². The molecular weight excluding hydrogens is 274 g/mol. The van der Waals surface area contributed by atoms with Gasteiger partial charge in [0.15, 0.2) is 0 Å². The number of nitrogens with one attached hydrogen (secondary N) is 2. The molecule has 2 rings (SSSR count). The molecule has 0 aliphatic heterocycles. The highest BCUT2D eigenvalue weighted by Crippen LogP contribution is 2.10. The van der Waals surface area contributed by atoms with E-state index in [4.69, 9.17) is 0 Å². The predicted molar refractivity (Wildman–Crippen MR) is 90.0 cm³/mol. The van der Waals surface area contributed by atoms with Crippen LogP contribution in [0, 0.1) is 6.92 Å². The van der Waals surface area contributed by atoms with Gasteiger partial charge in [0.25, 0.3) is 5.91 Å². The molecule has 1 aromatic carbocycles. The van der Waals surface area contributed by atoms with Crippen molar-refractivity contribution in [3.05, 3.63) is 59.3 Å². The van der Waals surface area contributed by atoms with Gasteiger partial charge in [-0.2, -0.15) is 0 Å². The normalized spacial score (nSPS) is 11.8. The largest absolute Gasteiger partial charge is 0.366 e. The highest BCUT2D eigenvalue weighted by Gasteiger charge is 2.08. The minimum Gasteiger partial charge on any atom is -0.366 e. The number of anilines is 1. The molecule has 0 saturated carbocycles. The summed E-state index contributed by atoms with van der Waals surface area (Å²) in [4.78, 5) is 16.5. The van der Waals surface area contributed by atoms with Crippen molar-refractivity contribution in [3.8, 4) is 0 Å². The molecule has 0 radical (unpaired) electrons. The first kappa shape index (κ1) is 16.0. The average Bonchev–Trinajstić information content (AvgIpc) is 2.53. The van der Waals surface area contributed by atoms with Gasteiger partial charge in [-0.1, -0.05) is 25.1 Å². The van der Waals surface area contributed by atoms with E-state index in [0.717, 1.165) is 23.5 Å². The van der Waals surface area contributed by atoms with Crippen molar-refractivity contribution in [1.82, 2.24) is 10.3 Å². The van der Waals surface area contributed by atoms with Crippen LogP contribution in [0.5, 0.6) is 0 Å². The smallest absolute Gasteiger partial charge is 0.251 e. The zero-order valence-corrected chi connectivity index (χ0v) is 13.4. The maximum atomic E-state index is 12.1. The molecule has 22 heavy (non-hydrogen) atoms. The van der Waals surface area contributed by atoms with Gasteiger partial charge in [-0.3, -0.25) is 4.79 Å². The number of carbonyl (C=O) groups is 1. The predicted octanol–water partition coefficient (Wildman–Crippen LogP) is 3.53. The lowest BCUT2D eigenvalue weighted by atomic mass is 10.1. The molecule has 1 unspecified atom stereocenters. The molecule has 0 aliphatic rings. The summed E-state index contributed by atoms with van der Waals surface area (Å²) in [7, 11) is 0. The second kappa shape index (κ2) is 7.59. The van der Waals surface area contributed by atoms with E-state index in [9.17, 15) is 4.79 Å². The Morgan fingerprint density at radius 3 is 2.73 bits per heavy atom. The maximum absolute atomic E-state index is 12.1. The van der Waals surface area contributed by atoms with Crippen molar-refractivity contribution in [3.63, 3.8) is 0 Å². The quantitative estimate of drug-likeness (QED) is 0.857. The number of carbonyl (C=O) groups excluding carboxylic acids is 1. The van der Waals surface area contributed by atoms with Crippen molar-refractivity contribution < 1.29 is 4.79 Å². The van der Waals surface area contributed by atoms with Crippen LogP contribution in [-0.2, 0) is 6.54 Å². The molecule has 0 fully saturated rings. The minimum atomic E-state index is -0.0233. The van der Waals surface area contributed by atoms with Gasteiger partial charge in [0, 0.05) is 23.8 Å². The van der Waals surface area contributed by atoms with Gasteiger partial charge < -0.3 is 10.6 Å². The lowest BCUT2D eigenvalue weighted by Crippen LogP contribution is -2.31. The van der Waals surface area contributed by atoms with Crippen molar-refractivity contribution in [2.75, 3.05) is 5.32 Å². The monoisotopic (exact) mass is 297 g/mol. The SMILES string of the molecule is CCC(C)NC(=O)c1cccc(CNc2cccc(C)n2)c1. The van der Waals surface area contributed by atoms with Crippen molar-refractivity contribution in [1.29, 1.82) is 0 Å². The third-order valence-electron chi connectivity index (χ3n) is 3.54. The minimum absolute atomic E-state index is 0.0233. The summed E-state index contributed by atoms with van der Waals surface area (Å²) < 4.78 is 0. The maximum Gasteiger partial charge on any atom is 0.251 e. The number of rotatable bonds is 6. The Morgan fingerprint density at radius 2 is 2.00 bits per heavy atom. The van der Waals surface area contributed by atoms with Gasteiger partial charge in [-0.25, -0.2) is 4.98 Å². The Morgan fingerprint density at radius 1 is 1.23 bits per heavy atom. The molecule has 1 amide bonds. The van der Waals surface area contributed by atoms with E-state index in [2.05, 4.69) is 22.5 Å². The summed E-state index contributed by atoms with van der Waals surface area (Å²) in [6.45, 7) is 6.67. The van der Waals surface area contributed by atoms with Crippen LogP contribution >= 0.6 is 0 Å². The third kappa shape index (κ3) is 4.58. The molecule has 1 atom stereocenters. The van der Waals surface area contributed by atoms with E-state index in [1.54, 1.807) is 0 Å². The lowest BCUT2D eigenvalue weighted by molar-refractivity contribution is 0.0939.